The number of carbonyl (C=O) groups excluding carboxylic acids is 1. The van der Waals surface area contributed by atoms with Gasteiger partial charge in [-0.25, -0.2) is 0 Å². The van der Waals surface area contributed by atoms with Crippen LogP contribution in [0, 0.1) is 0 Å². The molecule has 3 N–H and O–H groups in total. The molecule has 2 atom stereocenters. The van der Waals surface area contributed by atoms with E-state index >= 15 is 0 Å². The maximum atomic E-state index is 11.6. The van der Waals surface area contributed by atoms with Gasteiger partial charge in [0.1, 0.15) is 0 Å². The normalized spacial score (nSPS) is 25.1. The van der Waals surface area contributed by atoms with E-state index in [1.54, 1.807) is 6.92 Å². The van der Waals surface area contributed by atoms with E-state index in [4.69, 9.17) is 5.11 Å². The van der Waals surface area contributed by atoms with Crippen molar-refractivity contribution in [3.8, 4) is 0 Å². The van der Waals surface area contributed by atoms with Crippen molar-refractivity contribution in [1.82, 2.24) is 10.6 Å². The Kier molecular flexibility index (Phi) is 4.90. The van der Waals surface area contributed by atoms with Gasteiger partial charge in [-0.15, -0.1) is 0 Å². The smallest absolute Gasteiger partial charge is 0.237 e. The summed E-state index contributed by atoms with van der Waals surface area (Å²) < 4.78 is 0. The number of aliphatic hydroxyl groups is 1. The molecule has 1 unspecified atom stereocenters. The SMILES string of the molecule is C[C@H](O)CNC(=O)C1CCCCCN1. The standard InChI is InChI=1S/C10H20N2O2/c1-8(13)7-12-10(14)9-5-3-2-4-6-11-9/h8-9,11,13H,2-7H2,1H3,(H,12,14)/t8-,9?/m0/s1. The van der Waals surface area contributed by atoms with Gasteiger partial charge < -0.3 is 15.7 Å². The van der Waals surface area contributed by atoms with Crippen molar-refractivity contribution >= 4 is 5.91 Å². The molecule has 0 spiro atoms. The lowest BCUT2D eigenvalue weighted by Gasteiger charge is -2.16. The third-order valence-corrected chi connectivity index (χ3v) is 2.45. The Hall–Kier alpha value is -0.610. The molecule has 1 saturated heterocycles. The Morgan fingerprint density at radius 2 is 2.36 bits per heavy atom. The van der Waals surface area contributed by atoms with Crippen LogP contribution in [-0.4, -0.2) is 36.2 Å². The van der Waals surface area contributed by atoms with Crippen LogP contribution in [0.3, 0.4) is 0 Å². The minimum Gasteiger partial charge on any atom is -0.392 e. The fourth-order valence-electron chi connectivity index (χ4n) is 1.62. The van der Waals surface area contributed by atoms with E-state index in [9.17, 15) is 4.79 Å². The summed E-state index contributed by atoms with van der Waals surface area (Å²) in [5.41, 5.74) is 0. The number of amides is 1. The highest BCUT2D eigenvalue weighted by Gasteiger charge is 2.18. The molecule has 0 radical (unpaired) electrons. The maximum Gasteiger partial charge on any atom is 0.237 e. The molecule has 1 amide bonds. The van der Waals surface area contributed by atoms with E-state index in [1.807, 2.05) is 0 Å². The fraction of sp³-hybridized carbons (Fsp3) is 0.900. The van der Waals surface area contributed by atoms with Crippen LogP contribution in [0.1, 0.15) is 32.6 Å². The molecule has 14 heavy (non-hydrogen) atoms. The van der Waals surface area contributed by atoms with Gasteiger partial charge in [0.15, 0.2) is 0 Å². The van der Waals surface area contributed by atoms with Gasteiger partial charge in [0.25, 0.3) is 0 Å². The first-order valence-electron chi connectivity index (χ1n) is 5.39. The van der Waals surface area contributed by atoms with Gasteiger partial charge in [-0.1, -0.05) is 12.8 Å². The topological polar surface area (TPSA) is 61.4 Å². The summed E-state index contributed by atoms with van der Waals surface area (Å²) >= 11 is 0. The molecule has 0 aromatic carbocycles. The predicted octanol–water partition coefficient (Wildman–Crippen LogP) is 0.0156. The lowest BCUT2D eigenvalue weighted by molar-refractivity contribution is -0.123. The summed E-state index contributed by atoms with van der Waals surface area (Å²) in [6.45, 7) is 2.94. The Morgan fingerprint density at radius 3 is 3.07 bits per heavy atom. The second-order valence-corrected chi connectivity index (χ2v) is 3.95. The van der Waals surface area contributed by atoms with Crippen molar-refractivity contribution in [2.75, 3.05) is 13.1 Å². The summed E-state index contributed by atoms with van der Waals surface area (Å²) in [6, 6.07) is -0.0590. The van der Waals surface area contributed by atoms with Crippen LogP contribution in [-0.2, 0) is 4.79 Å². The molecule has 0 aromatic heterocycles. The Labute approximate surface area is 85.1 Å². The van der Waals surface area contributed by atoms with E-state index in [2.05, 4.69) is 10.6 Å². The van der Waals surface area contributed by atoms with E-state index in [0.29, 0.717) is 6.54 Å². The fourth-order valence-corrected chi connectivity index (χ4v) is 1.62. The summed E-state index contributed by atoms with van der Waals surface area (Å²) in [6.07, 6.45) is 3.91. The zero-order valence-corrected chi connectivity index (χ0v) is 8.75. The highest BCUT2D eigenvalue weighted by Crippen LogP contribution is 2.08. The molecule has 1 heterocycles. The van der Waals surface area contributed by atoms with Crippen LogP contribution in [0.2, 0.25) is 0 Å². The van der Waals surface area contributed by atoms with Gasteiger partial charge in [-0.05, 0) is 26.3 Å². The molecule has 0 bridgehead atoms. The summed E-state index contributed by atoms with van der Waals surface area (Å²) in [5.74, 6) is 0.0211. The molecular formula is C10H20N2O2. The van der Waals surface area contributed by atoms with Crippen LogP contribution >= 0.6 is 0 Å². The number of nitrogens with one attached hydrogen (secondary N) is 2. The quantitative estimate of drug-likeness (QED) is 0.601. The number of hydrogen-bond donors (Lipinski definition) is 3. The highest BCUT2D eigenvalue weighted by atomic mass is 16.3. The van der Waals surface area contributed by atoms with Crippen molar-refractivity contribution in [1.29, 1.82) is 0 Å². The third-order valence-electron chi connectivity index (χ3n) is 2.45. The Morgan fingerprint density at radius 1 is 1.57 bits per heavy atom. The molecule has 4 nitrogen and oxygen atoms in total. The molecule has 0 saturated carbocycles. The second kappa shape index (κ2) is 5.98. The van der Waals surface area contributed by atoms with Gasteiger partial charge in [-0.2, -0.15) is 0 Å². The average molecular weight is 200 g/mol. The van der Waals surface area contributed by atoms with Crippen molar-refractivity contribution in [3.63, 3.8) is 0 Å². The molecule has 1 aliphatic heterocycles. The first kappa shape index (κ1) is 11.5. The zero-order valence-electron chi connectivity index (χ0n) is 8.75. The monoisotopic (exact) mass is 200 g/mol. The molecule has 0 aliphatic carbocycles. The molecular weight excluding hydrogens is 180 g/mol. The van der Waals surface area contributed by atoms with Crippen molar-refractivity contribution in [2.24, 2.45) is 0 Å². The number of hydrogen-bond acceptors (Lipinski definition) is 3. The van der Waals surface area contributed by atoms with E-state index in [0.717, 1.165) is 25.8 Å². The lowest BCUT2D eigenvalue weighted by atomic mass is 10.1. The predicted molar refractivity (Wildman–Crippen MR) is 54.9 cm³/mol. The Balaban J connectivity index is 2.27. The molecule has 82 valence electrons. The van der Waals surface area contributed by atoms with Gasteiger partial charge in [-0.3, -0.25) is 4.79 Å². The van der Waals surface area contributed by atoms with Crippen LogP contribution < -0.4 is 10.6 Å². The third kappa shape index (κ3) is 4.07. The minimum atomic E-state index is -0.468. The van der Waals surface area contributed by atoms with Crippen LogP contribution in [0.25, 0.3) is 0 Å². The van der Waals surface area contributed by atoms with Gasteiger partial charge in [0.05, 0.1) is 12.1 Å². The number of aliphatic hydroxyl groups excluding tert-OH is 1. The second-order valence-electron chi connectivity index (χ2n) is 3.95. The van der Waals surface area contributed by atoms with Gasteiger partial charge in [0, 0.05) is 6.54 Å². The van der Waals surface area contributed by atoms with Crippen molar-refractivity contribution in [3.05, 3.63) is 0 Å². The van der Waals surface area contributed by atoms with Gasteiger partial charge in [0.2, 0.25) is 5.91 Å². The molecule has 0 aromatic rings. The van der Waals surface area contributed by atoms with E-state index in [1.165, 1.54) is 6.42 Å². The summed E-state index contributed by atoms with van der Waals surface area (Å²) in [4.78, 5) is 11.6. The van der Waals surface area contributed by atoms with Crippen LogP contribution in [0.15, 0.2) is 0 Å². The minimum absolute atomic E-state index is 0.0211. The van der Waals surface area contributed by atoms with Crippen molar-refractivity contribution < 1.29 is 9.90 Å². The average Bonchev–Trinajstić information content (AvgIpc) is 2.42. The molecule has 1 fully saturated rings. The van der Waals surface area contributed by atoms with E-state index in [-0.39, 0.29) is 11.9 Å². The highest BCUT2D eigenvalue weighted by molar-refractivity contribution is 5.81. The largest absolute Gasteiger partial charge is 0.392 e. The van der Waals surface area contributed by atoms with Gasteiger partial charge >= 0.3 is 0 Å². The summed E-state index contributed by atoms with van der Waals surface area (Å²) in [5, 5.41) is 15.0. The lowest BCUT2D eigenvalue weighted by Crippen LogP contribution is -2.45. The maximum absolute atomic E-state index is 11.6. The summed E-state index contributed by atoms with van der Waals surface area (Å²) in [7, 11) is 0. The van der Waals surface area contributed by atoms with Crippen LogP contribution in [0.4, 0.5) is 0 Å². The van der Waals surface area contributed by atoms with Crippen LogP contribution in [0.5, 0.6) is 0 Å². The van der Waals surface area contributed by atoms with E-state index < -0.39 is 6.10 Å². The number of rotatable bonds is 3. The molecule has 4 heteroatoms. The Bertz CT molecular complexity index is 175. The number of carbonyl (C=O) groups is 1. The first-order chi connectivity index (χ1) is 6.70. The molecule has 1 rings (SSSR count). The zero-order chi connectivity index (χ0) is 10.4. The molecule has 1 aliphatic rings. The van der Waals surface area contributed by atoms with Crippen molar-refractivity contribution in [2.45, 2.75) is 44.8 Å². The first-order valence-corrected chi connectivity index (χ1v) is 5.39.